The van der Waals surface area contributed by atoms with Gasteiger partial charge in [-0.3, -0.25) is 4.79 Å². The number of nitrogens with one attached hydrogen (secondary N) is 2. The number of hydrogen-bond donors (Lipinski definition) is 4. The van der Waals surface area contributed by atoms with E-state index in [1.54, 1.807) is 6.07 Å². The van der Waals surface area contributed by atoms with E-state index in [0.29, 0.717) is 5.56 Å². The molecule has 1 aromatic rings. The van der Waals surface area contributed by atoms with Crippen molar-refractivity contribution in [2.24, 2.45) is 0 Å². The van der Waals surface area contributed by atoms with Crippen LogP contribution in [0.5, 0.6) is 0 Å². The molecule has 0 radical (unpaired) electrons. The smallest absolute Gasteiger partial charge is 0.326 e. The largest absolute Gasteiger partial charge is 0.481 e. The Bertz CT molecular complexity index is 535. The quantitative estimate of drug-likeness (QED) is 0.598. The Morgan fingerprint density at radius 1 is 1.24 bits per heavy atom. The molecule has 2 amide bonds. The van der Waals surface area contributed by atoms with Crippen LogP contribution in [0.3, 0.4) is 0 Å². The van der Waals surface area contributed by atoms with E-state index in [4.69, 9.17) is 10.2 Å². The highest BCUT2D eigenvalue weighted by Gasteiger charge is 2.20. The Balaban J connectivity index is 2.46. The standard InChI is InChI=1S/C13H15FN2O5/c14-9-3-1-2-8(6-9)7-15-13(21)16-10(12(19)20)4-5-11(17)18/h1-3,6,10H,4-5,7H2,(H,17,18)(H,19,20)(H2,15,16,21)/t10-/m0/s1. The highest BCUT2D eigenvalue weighted by Crippen LogP contribution is 2.03. The van der Waals surface area contributed by atoms with Crippen LogP contribution in [0.25, 0.3) is 0 Å². The van der Waals surface area contributed by atoms with Crippen LogP contribution in [0.15, 0.2) is 24.3 Å². The molecule has 0 fully saturated rings. The lowest BCUT2D eigenvalue weighted by Crippen LogP contribution is -2.46. The topological polar surface area (TPSA) is 116 Å². The third-order valence-electron chi connectivity index (χ3n) is 2.59. The highest BCUT2D eigenvalue weighted by molar-refractivity contribution is 5.82. The van der Waals surface area contributed by atoms with E-state index >= 15 is 0 Å². The summed E-state index contributed by atoms with van der Waals surface area (Å²) < 4.78 is 12.9. The summed E-state index contributed by atoms with van der Waals surface area (Å²) in [6.45, 7) is 0.0227. The monoisotopic (exact) mass is 298 g/mol. The van der Waals surface area contributed by atoms with Gasteiger partial charge >= 0.3 is 18.0 Å². The lowest BCUT2D eigenvalue weighted by molar-refractivity contribution is -0.140. The van der Waals surface area contributed by atoms with Crippen LogP contribution in [-0.2, 0) is 16.1 Å². The second-order valence-electron chi connectivity index (χ2n) is 4.28. The second-order valence-corrected chi connectivity index (χ2v) is 4.28. The third-order valence-corrected chi connectivity index (χ3v) is 2.59. The van der Waals surface area contributed by atoms with E-state index in [2.05, 4.69) is 10.6 Å². The van der Waals surface area contributed by atoms with Crippen LogP contribution in [0.2, 0.25) is 0 Å². The van der Waals surface area contributed by atoms with E-state index in [0.717, 1.165) is 0 Å². The fraction of sp³-hybridized carbons (Fsp3) is 0.308. The van der Waals surface area contributed by atoms with Crippen molar-refractivity contribution in [3.05, 3.63) is 35.6 Å². The van der Waals surface area contributed by atoms with Crippen molar-refractivity contribution >= 4 is 18.0 Å². The molecular formula is C13H15FN2O5. The average Bonchev–Trinajstić information content (AvgIpc) is 2.40. The van der Waals surface area contributed by atoms with E-state index in [9.17, 15) is 18.8 Å². The van der Waals surface area contributed by atoms with Crippen LogP contribution < -0.4 is 10.6 Å². The fourth-order valence-electron chi connectivity index (χ4n) is 1.56. The minimum Gasteiger partial charge on any atom is -0.481 e. The highest BCUT2D eigenvalue weighted by atomic mass is 19.1. The molecule has 7 nitrogen and oxygen atoms in total. The number of aliphatic carboxylic acids is 2. The summed E-state index contributed by atoms with van der Waals surface area (Å²) in [5.74, 6) is -2.92. The van der Waals surface area contributed by atoms with Crippen molar-refractivity contribution in [2.45, 2.75) is 25.4 Å². The molecule has 1 aromatic carbocycles. The summed E-state index contributed by atoms with van der Waals surface area (Å²) in [5, 5.41) is 21.9. The number of rotatable bonds is 7. The molecule has 0 aromatic heterocycles. The van der Waals surface area contributed by atoms with Gasteiger partial charge in [-0.05, 0) is 24.1 Å². The Kier molecular flexibility index (Phi) is 6.12. The van der Waals surface area contributed by atoms with Gasteiger partial charge in [0.2, 0.25) is 0 Å². The van der Waals surface area contributed by atoms with Crippen LogP contribution in [0.1, 0.15) is 18.4 Å². The van der Waals surface area contributed by atoms with Crippen molar-refractivity contribution in [1.29, 1.82) is 0 Å². The molecule has 0 saturated carbocycles. The predicted octanol–water partition coefficient (Wildman–Crippen LogP) is 0.943. The van der Waals surface area contributed by atoms with E-state index in [-0.39, 0.29) is 19.4 Å². The van der Waals surface area contributed by atoms with Gasteiger partial charge in [-0.15, -0.1) is 0 Å². The van der Waals surface area contributed by atoms with Crippen molar-refractivity contribution < 1.29 is 29.0 Å². The number of urea groups is 1. The maximum Gasteiger partial charge on any atom is 0.326 e. The van der Waals surface area contributed by atoms with E-state index in [1.807, 2.05) is 0 Å². The predicted molar refractivity (Wildman–Crippen MR) is 70.1 cm³/mol. The molecule has 1 rings (SSSR count). The molecule has 0 heterocycles. The van der Waals surface area contributed by atoms with Crippen LogP contribution >= 0.6 is 0 Å². The third kappa shape index (κ3) is 6.37. The van der Waals surface area contributed by atoms with Crippen molar-refractivity contribution in [1.82, 2.24) is 10.6 Å². The number of halogens is 1. The Labute approximate surface area is 119 Å². The maximum atomic E-state index is 12.9. The fourth-order valence-corrected chi connectivity index (χ4v) is 1.56. The summed E-state index contributed by atoms with van der Waals surface area (Å²) in [4.78, 5) is 32.8. The van der Waals surface area contributed by atoms with Gasteiger partial charge in [0.1, 0.15) is 11.9 Å². The molecule has 0 aliphatic carbocycles. The molecular weight excluding hydrogens is 283 g/mol. The van der Waals surface area contributed by atoms with Crippen molar-refractivity contribution in [3.63, 3.8) is 0 Å². The van der Waals surface area contributed by atoms with Gasteiger partial charge in [0.05, 0.1) is 0 Å². The van der Waals surface area contributed by atoms with Gasteiger partial charge in [-0.25, -0.2) is 14.0 Å². The first-order valence-electron chi connectivity index (χ1n) is 6.12. The van der Waals surface area contributed by atoms with Crippen molar-refractivity contribution in [3.8, 4) is 0 Å². The summed E-state index contributed by atoms with van der Waals surface area (Å²) in [5.41, 5.74) is 0.516. The van der Waals surface area contributed by atoms with Gasteiger partial charge in [-0.2, -0.15) is 0 Å². The zero-order chi connectivity index (χ0) is 15.8. The first-order valence-corrected chi connectivity index (χ1v) is 6.12. The molecule has 0 unspecified atom stereocenters. The Morgan fingerprint density at radius 2 is 1.95 bits per heavy atom. The lowest BCUT2D eigenvalue weighted by Gasteiger charge is -2.14. The molecule has 1 atom stereocenters. The number of benzene rings is 1. The van der Waals surface area contributed by atoms with Gasteiger partial charge in [0, 0.05) is 13.0 Å². The molecule has 21 heavy (non-hydrogen) atoms. The number of carboxylic acids is 2. The van der Waals surface area contributed by atoms with Gasteiger partial charge < -0.3 is 20.8 Å². The number of hydrogen-bond acceptors (Lipinski definition) is 3. The molecule has 8 heteroatoms. The summed E-state index contributed by atoms with van der Waals surface area (Å²) in [7, 11) is 0. The van der Waals surface area contributed by atoms with Crippen LogP contribution in [0, 0.1) is 5.82 Å². The number of carboxylic acid groups (broad SMARTS) is 2. The van der Waals surface area contributed by atoms with Crippen LogP contribution in [0.4, 0.5) is 9.18 Å². The number of carbonyl (C=O) groups is 3. The van der Waals surface area contributed by atoms with Gasteiger partial charge in [-0.1, -0.05) is 12.1 Å². The van der Waals surface area contributed by atoms with Gasteiger partial charge in [0.15, 0.2) is 0 Å². The Hall–Kier alpha value is -2.64. The molecule has 0 bridgehead atoms. The molecule has 0 spiro atoms. The first kappa shape index (κ1) is 16.4. The lowest BCUT2D eigenvalue weighted by atomic mass is 10.1. The van der Waals surface area contributed by atoms with E-state index < -0.39 is 29.8 Å². The SMILES string of the molecule is O=C(O)CC[C@H](NC(=O)NCc1cccc(F)c1)C(=O)O. The average molecular weight is 298 g/mol. The zero-order valence-corrected chi connectivity index (χ0v) is 11.0. The summed E-state index contributed by atoms with van der Waals surface area (Å²) >= 11 is 0. The Morgan fingerprint density at radius 3 is 2.52 bits per heavy atom. The normalized spacial score (nSPS) is 11.5. The van der Waals surface area contributed by atoms with Crippen molar-refractivity contribution in [2.75, 3.05) is 0 Å². The van der Waals surface area contributed by atoms with E-state index in [1.165, 1.54) is 18.2 Å². The second kappa shape index (κ2) is 7.83. The number of amides is 2. The minimum atomic E-state index is -1.32. The van der Waals surface area contributed by atoms with Crippen LogP contribution in [-0.4, -0.2) is 34.2 Å². The minimum absolute atomic E-state index is 0.0227. The summed E-state index contributed by atoms with van der Waals surface area (Å²) in [6, 6.07) is 3.51. The first-order chi connectivity index (χ1) is 9.88. The summed E-state index contributed by atoms with van der Waals surface area (Å²) in [6.07, 6.45) is -0.598. The molecule has 114 valence electrons. The maximum absolute atomic E-state index is 12.9. The molecule has 0 aliphatic rings. The van der Waals surface area contributed by atoms with Gasteiger partial charge in [0.25, 0.3) is 0 Å². The molecule has 4 N–H and O–H groups in total. The molecule has 0 aliphatic heterocycles. The zero-order valence-electron chi connectivity index (χ0n) is 11.0. The number of carbonyl (C=O) groups excluding carboxylic acids is 1. The molecule has 0 saturated heterocycles.